The Morgan fingerprint density at radius 1 is 1.37 bits per heavy atom. The summed E-state index contributed by atoms with van der Waals surface area (Å²) in [7, 11) is 0. The maximum absolute atomic E-state index is 12.7. The molecular weight excluding hydrogens is 374 g/mol. The van der Waals surface area contributed by atoms with Gasteiger partial charge in [0.1, 0.15) is 11.6 Å². The monoisotopic (exact) mass is 405 g/mol. The first-order chi connectivity index (χ1) is 14.5. The number of hydrogen-bond donors (Lipinski definition) is 1. The van der Waals surface area contributed by atoms with Crippen LogP contribution in [0.5, 0.6) is 0 Å². The van der Waals surface area contributed by atoms with Crippen molar-refractivity contribution >= 4 is 12.0 Å². The molecule has 2 aromatic rings. The molecule has 0 spiro atoms. The number of hydrogen-bond acceptors (Lipinski definition) is 3. The van der Waals surface area contributed by atoms with Crippen molar-refractivity contribution in [3.63, 3.8) is 0 Å². The molecule has 1 aromatic carbocycles. The summed E-state index contributed by atoms with van der Waals surface area (Å²) in [4.78, 5) is 12.7. The molecule has 2 atom stereocenters. The Hall–Kier alpha value is -2.84. The number of rotatable bonds is 8. The Labute approximate surface area is 179 Å². The van der Waals surface area contributed by atoms with E-state index in [2.05, 4.69) is 41.9 Å². The summed E-state index contributed by atoms with van der Waals surface area (Å²) in [5, 5.41) is 12.5. The highest BCUT2D eigenvalue weighted by molar-refractivity contribution is 6.01. The molecule has 2 unspecified atom stereocenters. The molecule has 3 rings (SSSR count). The summed E-state index contributed by atoms with van der Waals surface area (Å²) in [5.41, 5.74) is 4.41. The van der Waals surface area contributed by atoms with E-state index in [0.717, 1.165) is 49.4 Å². The SMILES string of the molecule is CCC(CNC(=O)/C(C#N)=C/c1cc(C)n(CC2CCCO2)c1C)c1ccccc1. The quantitative estimate of drug-likeness (QED) is 0.519. The summed E-state index contributed by atoms with van der Waals surface area (Å²) >= 11 is 0. The van der Waals surface area contributed by atoms with Crippen LogP contribution in [0.2, 0.25) is 0 Å². The Balaban J connectivity index is 1.70. The molecule has 30 heavy (non-hydrogen) atoms. The minimum atomic E-state index is -0.323. The second-order valence-corrected chi connectivity index (χ2v) is 7.97. The number of carbonyl (C=O) groups is 1. The minimum Gasteiger partial charge on any atom is -0.376 e. The average molecular weight is 406 g/mol. The highest BCUT2D eigenvalue weighted by Crippen LogP contribution is 2.22. The second kappa shape index (κ2) is 10.3. The first-order valence-corrected chi connectivity index (χ1v) is 10.8. The first-order valence-electron chi connectivity index (χ1n) is 10.8. The standard InChI is InChI=1S/C25H31N3O2/c1-4-20(21-9-6-5-7-10-21)16-27-25(29)23(15-26)14-22-13-18(2)28(19(22)3)17-24-11-8-12-30-24/h5-7,9-10,13-14,20,24H,4,8,11-12,16-17H2,1-3H3,(H,27,29)/b23-14+. The zero-order chi connectivity index (χ0) is 21.5. The lowest BCUT2D eigenvalue weighted by atomic mass is 9.96. The van der Waals surface area contributed by atoms with Gasteiger partial charge in [0, 0.05) is 37.0 Å². The van der Waals surface area contributed by atoms with Crippen molar-refractivity contribution in [3.8, 4) is 6.07 Å². The van der Waals surface area contributed by atoms with Crippen LogP contribution in [0.4, 0.5) is 0 Å². The fraction of sp³-hybridized carbons (Fsp3) is 0.440. The number of nitriles is 1. The van der Waals surface area contributed by atoms with Crippen molar-refractivity contribution in [2.24, 2.45) is 0 Å². The third-order valence-corrected chi connectivity index (χ3v) is 5.96. The molecule has 5 heteroatoms. The molecule has 5 nitrogen and oxygen atoms in total. The van der Waals surface area contributed by atoms with Crippen molar-refractivity contribution in [2.75, 3.05) is 13.2 Å². The summed E-state index contributed by atoms with van der Waals surface area (Å²) < 4.78 is 7.98. The van der Waals surface area contributed by atoms with Gasteiger partial charge in [0.05, 0.1) is 6.10 Å². The van der Waals surface area contributed by atoms with Gasteiger partial charge in [-0.05, 0) is 56.4 Å². The van der Waals surface area contributed by atoms with Gasteiger partial charge >= 0.3 is 0 Å². The van der Waals surface area contributed by atoms with Crippen LogP contribution in [0.3, 0.4) is 0 Å². The zero-order valence-corrected chi connectivity index (χ0v) is 18.1. The molecule has 0 aliphatic carbocycles. The van der Waals surface area contributed by atoms with E-state index in [1.165, 1.54) is 5.56 Å². The molecule has 1 fully saturated rings. The second-order valence-electron chi connectivity index (χ2n) is 7.97. The number of aromatic nitrogens is 1. The fourth-order valence-corrected chi connectivity index (χ4v) is 4.09. The third kappa shape index (κ3) is 5.20. The van der Waals surface area contributed by atoms with Gasteiger partial charge in [-0.2, -0.15) is 5.26 Å². The van der Waals surface area contributed by atoms with E-state index in [1.807, 2.05) is 31.2 Å². The zero-order valence-electron chi connectivity index (χ0n) is 18.1. The van der Waals surface area contributed by atoms with E-state index in [-0.39, 0.29) is 23.5 Å². The topological polar surface area (TPSA) is 67.0 Å². The third-order valence-electron chi connectivity index (χ3n) is 5.96. The number of nitrogens with zero attached hydrogens (tertiary/aromatic N) is 2. The first kappa shape index (κ1) is 21.9. The molecule has 0 saturated carbocycles. The van der Waals surface area contributed by atoms with E-state index in [9.17, 15) is 10.1 Å². The van der Waals surface area contributed by atoms with Crippen LogP contribution in [0.15, 0.2) is 42.0 Å². The Bertz CT molecular complexity index is 931. The molecule has 1 N–H and O–H groups in total. The Morgan fingerprint density at radius 2 is 2.13 bits per heavy atom. The van der Waals surface area contributed by atoms with Crippen LogP contribution in [0.25, 0.3) is 6.08 Å². The number of aryl methyl sites for hydroxylation is 1. The number of amides is 1. The van der Waals surface area contributed by atoms with Crippen molar-refractivity contribution in [2.45, 2.75) is 58.6 Å². The average Bonchev–Trinajstić information content (AvgIpc) is 3.37. The van der Waals surface area contributed by atoms with Crippen molar-refractivity contribution in [3.05, 3.63) is 64.5 Å². The Kier molecular flexibility index (Phi) is 7.48. The number of carbonyl (C=O) groups excluding carboxylic acids is 1. The number of benzene rings is 1. The molecule has 2 heterocycles. The summed E-state index contributed by atoms with van der Waals surface area (Å²) in [5.74, 6) is -0.0950. The van der Waals surface area contributed by atoms with Gasteiger partial charge in [-0.1, -0.05) is 37.3 Å². The fourth-order valence-electron chi connectivity index (χ4n) is 4.09. The van der Waals surface area contributed by atoms with Gasteiger partial charge in [-0.15, -0.1) is 0 Å². The van der Waals surface area contributed by atoms with Crippen LogP contribution in [0, 0.1) is 25.2 Å². The molecule has 1 amide bonds. The molecule has 0 radical (unpaired) electrons. The van der Waals surface area contributed by atoms with Crippen molar-refractivity contribution in [1.82, 2.24) is 9.88 Å². The van der Waals surface area contributed by atoms with E-state index >= 15 is 0 Å². The van der Waals surface area contributed by atoms with Crippen LogP contribution in [0.1, 0.15) is 54.6 Å². The van der Waals surface area contributed by atoms with Gasteiger partial charge < -0.3 is 14.6 Å². The van der Waals surface area contributed by atoms with Crippen LogP contribution < -0.4 is 5.32 Å². The van der Waals surface area contributed by atoms with E-state index in [0.29, 0.717) is 6.54 Å². The Morgan fingerprint density at radius 3 is 2.77 bits per heavy atom. The van der Waals surface area contributed by atoms with E-state index in [1.54, 1.807) is 6.08 Å². The predicted molar refractivity (Wildman–Crippen MR) is 119 cm³/mol. The van der Waals surface area contributed by atoms with Crippen LogP contribution in [-0.2, 0) is 16.1 Å². The predicted octanol–water partition coefficient (Wildman–Crippen LogP) is 4.50. The number of nitrogens with one attached hydrogen (secondary N) is 1. The van der Waals surface area contributed by atoms with Crippen LogP contribution in [-0.4, -0.2) is 29.7 Å². The molecule has 1 aliphatic heterocycles. The smallest absolute Gasteiger partial charge is 0.261 e. The maximum atomic E-state index is 12.7. The minimum absolute atomic E-state index is 0.135. The van der Waals surface area contributed by atoms with E-state index < -0.39 is 0 Å². The number of ether oxygens (including phenoxy) is 1. The maximum Gasteiger partial charge on any atom is 0.261 e. The lowest BCUT2D eigenvalue weighted by Gasteiger charge is -2.16. The molecule has 1 aliphatic rings. The molecule has 158 valence electrons. The summed E-state index contributed by atoms with van der Waals surface area (Å²) in [6.45, 7) is 8.34. The van der Waals surface area contributed by atoms with Gasteiger partial charge in [0.15, 0.2) is 0 Å². The lowest BCUT2D eigenvalue weighted by Crippen LogP contribution is -2.29. The van der Waals surface area contributed by atoms with Crippen molar-refractivity contribution < 1.29 is 9.53 Å². The highest BCUT2D eigenvalue weighted by Gasteiger charge is 2.19. The summed E-state index contributed by atoms with van der Waals surface area (Å²) in [6, 6.07) is 14.3. The largest absolute Gasteiger partial charge is 0.376 e. The van der Waals surface area contributed by atoms with Gasteiger partial charge in [-0.25, -0.2) is 0 Å². The van der Waals surface area contributed by atoms with Crippen LogP contribution >= 0.6 is 0 Å². The highest BCUT2D eigenvalue weighted by atomic mass is 16.5. The lowest BCUT2D eigenvalue weighted by molar-refractivity contribution is -0.117. The van der Waals surface area contributed by atoms with Gasteiger partial charge in [0.25, 0.3) is 5.91 Å². The normalized spacial score (nSPS) is 17.5. The molecular formula is C25H31N3O2. The molecule has 1 aromatic heterocycles. The van der Waals surface area contributed by atoms with E-state index in [4.69, 9.17) is 4.74 Å². The summed E-state index contributed by atoms with van der Waals surface area (Å²) in [6.07, 6.45) is 5.05. The van der Waals surface area contributed by atoms with Gasteiger partial charge in [-0.3, -0.25) is 4.79 Å². The molecule has 1 saturated heterocycles. The molecule has 0 bridgehead atoms. The van der Waals surface area contributed by atoms with Gasteiger partial charge in [0.2, 0.25) is 0 Å². The van der Waals surface area contributed by atoms with Crippen molar-refractivity contribution in [1.29, 1.82) is 5.26 Å².